The molecule has 0 unspecified atom stereocenters. The number of rotatable bonds is 2. The van der Waals surface area contributed by atoms with Crippen LogP contribution in [0, 0.1) is 0 Å². The first-order valence-electron chi connectivity index (χ1n) is 9.85. The molecule has 0 nitrogen and oxygen atoms in total. The van der Waals surface area contributed by atoms with E-state index in [1.165, 1.54) is 32.7 Å². The topological polar surface area (TPSA) is 0 Å². The Morgan fingerprint density at radius 1 is 0.862 bits per heavy atom. The average Bonchev–Trinajstić information content (AvgIpc) is 3.33. The molecule has 152 valence electrons. The molecule has 0 heterocycles. The van der Waals surface area contributed by atoms with Gasteiger partial charge in [-0.25, -0.2) is 0 Å². The van der Waals surface area contributed by atoms with E-state index >= 15 is 0 Å². The van der Waals surface area contributed by atoms with Crippen molar-refractivity contribution in [2.24, 2.45) is 0 Å². The van der Waals surface area contributed by atoms with Crippen molar-refractivity contribution in [3.05, 3.63) is 83.9 Å². The van der Waals surface area contributed by atoms with Gasteiger partial charge in [-0.15, -0.1) is 81.2 Å². The summed E-state index contributed by atoms with van der Waals surface area (Å²) in [6, 6.07) is 26.1. The van der Waals surface area contributed by atoms with Gasteiger partial charge in [0.1, 0.15) is 0 Å². The zero-order valence-electron chi connectivity index (χ0n) is 18.0. The first-order valence-corrected chi connectivity index (χ1v) is 18.2. The molecule has 4 heteroatoms. The number of benzene rings is 2. The molecule has 0 spiro atoms. The summed E-state index contributed by atoms with van der Waals surface area (Å²) in [6.07, 6.45) is 1.13. The molecule has 4 aromatic carbocycles. The van der Waals surface area contributed by atoms with Crippen LogP contribution in [0.1, 0.15) is 37.8 Å². The summed E-state index contributed by atoms with van der Waals surface area (Å²) < 4.78 is 0. The summed E-state index contributed by atoms with van der Waals surface area (Å²) in [5, 5.41) is 5.45. The van der Waals surface area contributed by atoms with Crippen molar-refractivity contribution in [3.63, 3.8) is 0 Å². The van der Waals surface area contributed by atoms with Gasteiger partial charge in [0, 0.05) is 9.52 Å². The molecular weight excluding hydrogens is 490 g/mol. The van der Waals surface area contributed by atoms with E-state index in [1.54, 1.807) is 0 Å². The van der Waals surface area contributed by atoms with Gasteiger partial charge in [-0.05, 0) is 12.3 Å². The summed E-state index contributed by atoms with van der Waals surface area (Å²) in [6.45, 7) is 11.0. The van der Waals surface area contributed by atoms with Crippen molar-refractivity contribution in [1.82, 2.24) is 0 Å². The van der Waals surface area contributed by atoms with Crippen LogP contribution in [0.5, 0.6) is 0 Å². The van der Waals surface area contributed by atoms with Crippen LogP contribution in [-0.2, 0) is 27.3 Å². The summed E-state index contributed by atoms with van der Waals surface area (Å²) in [5.74, 6) is 0.636. The van der Waals surface area contributed by atoms with Crippen molar-refractivity contribution in [2.45, 2.75) is 46.2 Å². The Hall–Kier alpha value is -0.660. The van der Waals surface area contributed by atoms with Crippen LogP contribution < -0.4 is 0 Å². The molecule has 0 bridgehead atoms. The maximum atomic E-state index is 4.93. The molecule has 0 saturated heterocycles. The third kappa shape index (κ3) is 9.35. The third-order valence-corrected chi connectivity index (χ3v) is 4.39. The normalized spacial score (nSPS) is 9.66. The predicted molar refractivity (Wildman–Crippen MR) is 132 cm³/mol. The Balaban J connectivity index is 0.000000230. The molecule has 0 fully saturated rings. The number of hydrogen-bond donors (Lipinski definition) is 0. The van der Waals surface area contributed by atoms with E-state index in [0.717, 1.165) is 15.9 Å². The Bertz CT molecular complexity index is 872. The molecule has 4 rings (SSSR count). The SMILES string of the molecule is CC(C)c1cc2ccccc2[cH-]1.CCc1cc2ccccc2[cH-]1.C[Si]C.[Cl][Zr+2][Cl]. The van der Waals surface area contributed by atoms with Crippen molar-refractivity contribution in [1.29, 1.82) is 0 Å². The number of halogens is 2. The fourth-order valence-corrected chi connectivity index (χ4v) is 2.93. The summed E-state index contributed by atoms with van der Waals surface area (Å²) in [7, 11) is 11.0. The van der Waals surface area contributed by atoms with Crippen molar-refractivity contribution in [3.8, 4) is 0 Å². The van der Waals surface area contributed by atoms with Crippen LogP contribution in [0.15, 0.2) is 72.8 Å². The van der Waals surface area contributed by atoms with E-state index in [9.17, 15) is 0 Å². The molecule has 0 aliphatic rings. The van der Waals surface area contributed by atoms with E-state index < -0.39 is 20.8 Å². The van der Waals surface area contributed by atoms with Crippen LogP contribution in [0.4, 0.5) is 0 Å². The second kappa shape index (κ2) is 15.2. The molecule has 0 N–H and O–H groups in total. The van der Waals surface area contributed by atoms with Gasteiger partial charge >= 0.3 is 37.9 Å². The van der Waals surface area contributed by atoms with Gasteiger partial charge in [0.15, 0.2) is 0 Å². The number of aryl methyl sites for hydroxylation is 1. The molecule has 2 radical (unpaired) electrons. The van der Waals surface area contributed by atoms with Crippen molar-refractivity contribution in [2.75, 3.05) is 0 Å². The summed E-state index contributed by atoms with van der Waals surface area (Å²) in [5.41, 5.74) is 2.88. The second-order valence-electron chi connectivity index (χ2n) is 6.99. The predicted octanol–water partition coefficient (Wildman–Crippen LogP) is 8.97. The Kier molecular flexibility index (Phi) is 13.8. The molecular formula is C25H30Cl2SiZr. The van der Waals surface area contributed by atoms with Gasteiger partial charge in [0.2, 0.25) is 0 Å². The van der Waals surface area contributed by atoms with Gasteiger partial charge in [-0.1, -0.05) is 46.0 Å². The molecule has 4 aromatic rings. The van der Waals surface area contributed by atoms with E-state index in [-0.39, 0.29) is 0 Å². The molecule has 29 heavy (non-hydrogen) atoms. The van der Waals surface area contributed by atoms with E-state index in [0.29, 0.717) is 5.92 Å². The second-order valence-corrected chi connectivity index (χ2v) is 11.7. The fraction of sp³-hybridized carbons (Fsp3) is 0.280. The van der Waals surface area contributed by atoms with Crippen LogP contribution >= 0.6 is 17.0 Å². The van der Waals surface area contributed by atoms with Crippen LogP contribution in [-0.4, -0.2) is 9.52 Å². The van der Waals surface area contributed by atoms with Gasteiger partial charge in [0.05, 0.1) is 0 Å². The van der Waals surface area contributed by atoms with Crippen LogP contribution in [0.3, 0.4) is 0 Å². The van der Waals surface area contributed by atoms with Crippen molar-refractivity contribution >= 4 is 48.1 Å². The molecule has 0 amide bonds. The summed E-state index contributed by atoms with van der Waals surface area (Å²) in [4.78, 5) is 0. The number of hydrogen-bond acceptors (Lipinski definition) is 0. The zero-order chi connectivity index (χ0) is 21.6. The first-order chi connectivity index (χ1) is 14.0. The Morgan fingerprint density at radius 3 is 1.72 bits per heavy atom. The van der Waals surface area contributed by atoms with E-state index in [1.807, 2.05) is 0 Å². The Morgan fingerprint density at radius 2 is 1.31 bits per heavy atom. The first kappa shape index (κ1) is 26.4. The average molecular weight is 521 g/mol. The van der Waals surface area contributed by atoms with E-state index in [4.69, 9.17) is 17.0 Å². The van der Waals surface area contributed by atoms with Gasteiger partial charge in [0.25, 0.3) is 0 Å². The van der Waals surface area contributed by atoms with E-state index in [2.05, 4.69) is 107 Å². The maximum absolute atomic E-state index is 4.93. The standard InChI is InChI=1S/C12H13.C11H11.C2H6Si.2ClH.Zr/c1-9(2)12-7-10-5-3-4-6-11(10)8-12;1-2-9-7-10-5-3-4-6-11(10)8-9;1-3-2;;;/h3-9H,1-2H3;3-8H,2H2,1H3;1-2H3;2*1H;/q2*-1;;;;+4/p-2. The Labute approximate surface area is 197 Å². The van der Waals surface area contributed by atoms with Crippen molar-refractivity contribution < 1.29 is 20.8 Å². The van der Waals surface area contributed by atoms with Crippen LogP contribution in [0.25, 0.3) is 21.5 Å². The van der Waals surface area contributed by atoms with Gasteiger partial charge in [-0.2, -0.15) is 12.1 Å². The zero-order valence-corrected chi connectivity index (χ0v) is 22.9. The monoisotopic (exact) mass is 518 g/mol. The van der Waals surface area contributed by atoms with Gasteiger partial charge < -0.3 is 0 Å². The molecule has 0 aliphatic carbocycles. The molecule has 0 aromatic heterocycles. The molecule has 0 aliphatic heterocycles. The minimum atomic E-state index is -0.826. The fourth-order valence-electron chi connectivity index (χ4n) is 2.93. The third-order valence-electron chi connectivity index (χ3n) is 4.39. The number of fused-ring (bicyclic) bond motifs is 2. The molecule has 0 atom stereocenters. The van der Waals surface area contributed by atoms with Gasteiger partial charge in [-0.3, -0.25) is 0 Å². The summed E-state index contributed by atoms with van der Waals surface area (Å²) >= 11 is -0.826. The van der Waals surface area contributed by atoms with Crippen LogP contribution in [0.2, 0.25) is 13.1 Å². The minimum absolute atomic E-state index is 0.636. The molecule has 0 saturated carbocycles. The quantitative estimate of drug-likeness (QED) is 0.183.